The highest BCUT2D eigenvalue weighted by Gasteiger charge is 2.33. The number of rotatable bonds is 8. The minimum atomic E-state index is -1.43. The average molecular weight is 555 g/mol. The number of hydrogen-bond donors (Lipinski definition) is 1. The van der Waals surface area contributed by atoms with Gasteiger partial charge in [-0.3, -0.25) is 0 Å². The van der Waals surface area contributed by atoms with Crippen LogP contribution in [0.25, 0.3) is 22.2 Å². The molecule has 0 fully saturated rings. The molecule has 40 heavy (non-hydrogen) atoms. The Morgan fingerprint density at radius 1 is 0.925 bits per heavy atom. The largest absolute Gasteiger partial charge is 0.497 e. The molecule has 2 heterocycles. The molecule has 0 amide bonds. The predicted octanol–water partition coefficient (Wildman–Crippen LogP) is 6.55. The lowest BCUT2D eigenvalue weighted by Crippen LogP contribution is -2.30. The summed E-state index contributed by atoms with van der Waals surface area (Å²) in [6, 6.07) is 11.2. The van der Waals surface area contributed by atoms with Crippen molar-refractivity contribution in [2.45, 2.75) is 39.5 Å². The SMILES string of the molecule is CCn1c(-c2cc3cn(Cc4ccc(OC)cc4)c(O)c3cc2F)nnc1C(C)(C)Oc1c(F)cc(F)cc1F. The molecule has 11 heteroatoms. The summed E-state index contributed by atoms with van der Waals surface area (Å²) in [5, 5.41) is 20.0. The molecule has 5 aromatic rings. The second-order valence-electron chi connectivity index (χ2n) is 9.75. The van der Waals surface area contributed by atoms with E-state index in [1.807, 2.05) is 24.3 Å². The summed E-state index contributed by atoms with van der Waals surface area (Å²) < 4.78 is 71.3. The Kier molecular flexibility index (Phi) is 6.91. The number of aromatic nitrogens is 4. The average Bonchev–Trinajstić information content (AvgIpc) is 3.48. The quantitative estimate of drug-likeness (QED) is 0.220. The third-order valence-corrected chi connectivity index (χ3v) is 6.63. The van der Waals surface area contributed by atoms with Gasteiger partial charge in [0, 0.05) is 35.6 Å². The zero-order valence-electron chi connectivity index (χ0n) is 22.2. The van der Waals surface area contributed by atoms with E-state index in [4.69, 9.17) is 9.47 Å². The Bertz CT molecular complexity index is 1690. The molecule has 0 aliphatic carbocycles. The summed E-state index contributed by atoms with van der Waals surface area (Å²) in [5.41, 5.74) is -0.408. The Balaban J connectivity index is 1.51. The normalized spacial score (nSPS) is 11.8. The van der Waals surface area contributed by atoms with Crippen molar-refractivity contribution in [2.75, 3.05) is 7.11 Å². The molecule has 0 bridgehead atoms. The molecule has 0 saturated carbocycles. The lowest BCUT2D eigenvalue weighted by molar-refractivity contribution is 0.0824. The number of fused-ring (bicyclic) bond motifs is 1. The van der Waals surface area contributed by atoms with Crippen LogP contribution in [0.15, 0.2) is 54.7 Å². The maximum absolute atomic E-state index is 15.4. The van der Waals surface area contributed by atoms with Crippen molar-refractivity contribution in [1.82, 2.24) is 19.3 Å². The van der Waals surface area contributed by atoms with Crippen LogP contribution >= 0.6 is 0 Å². The molecule has 1 N–H and O–H groups in total. The lowest BCUT2D eigenvalue weighted by Gasteiger charge is -2.26. The van der Waals surface area contributed by atoms with Crippen molar-refractivity contribution in [3.05, 3.63) is 89.4 Å². The van der Waals surface area contributed by atoms with Crippen LogP contribution in [0.5, 0.6) is 17.4 Å². The van der Waals surface area contributed by atoms with Crippen LogP contribution < -0.4 is 9.47 Å². The van der Waals surface area contributed by atoms with Gasteiger partial charge in [0.1, 0.15) is 17.4 Å². The van der Waals surface area contributed by atoms with E-state index in [1.165, 1.54) is 19.9 Å². The Morgan fingerprint density at radius 3 is 2.23 bits per heavy atom. The van der Waals surface area contributed by atoms with Crippen LogP contribution in [0.2, 0.25) is 0 Å². The van der Waals surface area contributed by atoms with E-state index in [2.05, 4.69) is 10.2 Å². The fourth-order valence-electron chi connectivity index (χ4n) is 4.67. The molecule has 0 atom stereocenters. The molecule has 0 aliphatic heterocycles. The van der Waals surface area contributed by atoms with Gasteiger partial charge < -0.3 is 23.7 Å². The van der Waals surface area contributed by atoms with E-state index in [1.54, 1.807) is 35.4 Å². The number of methoxy groups -OCH3 is 1. The van der Waals surface area contributed by atoms with Gasteiger partial charge in [0.15, 0.2) is 40.5 Å². The molecule has 0 unspecified atom stereocenters. The van der Waals surface area contributed by atoms with E-state index < -0.39 is 34.6 Å². The van der Waals surface area contributed by atoms with Crippen molar-refractivity contribution in [1.29, 1.82) is 0 Å². The summed E-state index contributed by atoms with van der Waals surface area (Å²) >= 11 is 0. The van der Waals surface area contributed by atoms with Gasteiger partial charge >= 0.3 is 0 Å². The van der Waals surface area contributed by atoms with E-state index in [9.17, 15) is 18.3 Å². The molecule has 3 aromatic carbocycles. The fourth-order valence-corrected chi connectivity index (χ4v) is 4.67. The second kappa shape index (κ2) is 10.2. The summed E-state index contributed by atoms with van der Waals surface area (Å²) in [6.07, 6.45) is 1.71. The van der Waals surface area contributed by atoms with Gasteiger partial charge in [-0.15, -0.1) is 10.2 Å². The summed E-state index contributed by atoms with van der Waals surface area (Å²) in [4.78, 5) is 0. The molecule has 0 radical (unpaired) electrons. The van der Waals surface area contributed by atoms with Crippen molar-refractivity contribution < 1.29 is 32.1 Å². The standard InChI is InChI=1S/C29H26F4N4O3/c1-5-37-26(34-35-28(37)29(2,3)40-25-23(32)11-18(30)12-24(25)33)21-10-17-15-36(27(38)20(17)13-22(21)31)14-16-6-8-19(39-4)9-7-16/h6-13,15,38H,5,14H2,1-4H3. The zero-order chi connectivity index (χ0) is 28.8. The highest BCUT2D eigenvalue weighted by Crippen LogP contribution is 2.36. The monoisotopic (exact) mass is 554 g/mol. The zero-order valence-corrected chi connectivity index (χ0v) is 22.2. The van der Waals surface area contributed by atoms with Gasteiger partial charge in [-0.25, -0.2) is 17.6 Å². The Morgan fingerprint density at radius 2 is 1.60 bits per heavy atom. The number of halogens is 4. The minimum Gasteiger partial charge on any atom is -0.497 e. The van der Waals surface area contributed by atoms with Gasteiger partial charge in [0.2, 0.25) is 0 Å². The molecular formula is C29H26F4N4O3. The molecular weight excluding hydrogens is 528 g/mol. The first-order chi connectivity index (χ1) is 19.0. The van der Waals surface area contributed by atoms with Gasteiger partial charge in [0.25, 0.3) is 0 Å². The Hall–Kier alpha value is -4.54. The summed E-state index contributed by atoms with van der Waals surface area (Å²) in [5.74, 6) is -3.94. The number of benzene rings is 3. The first-order valence-electron chi connectivity index (χ1n) is 12.4. The highest BCUT2D eigenvalue weighted by molar-refractivity contribution is 5.91. The molecule has 2 aromatic heterocycles. The topological polar surface area (TPSA) is 74.3 Å². The van der Waals surface area contributed by atoms with E-state index in [0.717, 1.165) is 5.56 Å². The Labute approximate surface area is 227 Å². The highest BCUT2D eigenvalue weighted by atomic mass is 19.1. The van der Waals surface area contributed by atoms with Crippen molar-refractivity contribution >= 4 is 10.8 Å². The third kappa shape index (κ3) is 4.83. The fraction of sp³-hybridized carbons (Fsp3) is 0.241. The van der Waals surface area contributed by atoms with Crippen molar-refractivity contribution in [3.63, 3.8) is 0 Å². The number of nitrogens with zero attached hydrogens (tertiary/aromatic N) is 4. The van der Waals surface area contributed by atoms with Gasteiger partial charge in [-0.05, 0) is 50.6 Å². The molecule has 0 aliphatic rings. The van der Waals surface area contributed by atoms with Crippen molar-refractivity contribution in [2.24, 2.45) is 0 Å². The van der Waals surface area contributed by atoms with Gasteiger partial charge in [-0.1, -0.05) is 12.1 Å². The first kappa shape index (κ1) is 27.0. The minimum absolute atomic E-state index is 0.0909. The lowest BCUT2D eigenvalue weighted by atomic mass is 10.1. The van der Waals surface area contributed by atoms with Crippen LogP contribution in [0.3, 0.4) is 0 Å². The smallest absolute Gasteiger partial charge is 0.199 e. The molecule has 5 rings (SSSR count). The summed E-state index contributed by atoms with van der Waals surface area (Å²) in [7, 11) is 1.58. The van der Waals surface area contributed by atoms with Crippen LogP contribution in [0.1, 0.15) is 32.2 Å². The van der Waals surface area contributed by atoms with Crippen LogP contribution in [-0.2, 0) is 18.7 Å². The third-order valence-electron chi connectivity index (χ3n) is 6.63. The molecule has 7 nitrogen and oxygen atoms in total. The molecule has 0 saturated heterocycles. The van der Waals surface area contributed by atoms with Crippen LogP contribution in [-0.4, -0.2) is 31.5 Å². The van der Waals surface area contributed by atoms with Crippen LogP contribution in [0, 0.1) is 23.3 Å². The van der Waals surface area contributed by atoms with Crippen LogP contribution in [0.4, 0.5) is 17.6 Å². The van der Waals surface area contributed by atoms with Crippen molar-refractivity contribution in [3.8, 4) is 28.8 Å². The predicted molar refractivity (Wildman–Crippen MR) is 140 cm³/mol. The van der Waals surface area contributed by atoms with E-state index in [-0.39, 0.29) is 29.6 Å². The van der Waals surface area contributed by atoms with E-state index in [0.29, 0.717) is 35.2 Å². The maximum Gasteiger partial charge on any atom is 0.199 e. The summed E-state index contributed by atoms with van der Waals surface area (Å²) in [6.45, 7) is 5.44. The molecule has 0 spiro atoms. The van der Waals surface area contributed by atoms with Gasteiger partial charge in [-0.2, -0.15) is 0 Å². The number of ether oxygens (including phenoxy) is 2. The van der Waals surface area contributed by atoms with E-state index >= 15 is 4.39 Å². The van der Waals surface area contributed by atoms with Gasteiger partial charge in [0.05, 0.1) is 19.2 Å². The maximum atomic E-state index is 15.4. The molecule has 208 valence electrons. The number of aromatic hydroxyl groups is 1. The first-order valence-corrected chi connectivity index (χ1v) is 12.4. The number of hydrogen-bond acceptors (Lipinski definition) is 5. The second-order valence-corrected chi connectivity index (χ2v) is 9.75.